The molecule has 0 aliphatic rings. The second-order valence-electron chi connectivity index (χ2n) is 5.69. The highest BCUT2D eigenvalue weighted by molar-refractivity contribution is 5.81. The molecule has 3 heteroatoms. The smallest absolute Gasteiger partial charge is 0.120 e. The highest BCUT2D eigenvalue weighted by atomic mass is 16.3. The van der Waals surface area contributed by atoms with E-state index in [1.54, 1.807) is 6.07 Å². The van der Waals surface area contributed by atoms with Gasteiger partial charge in [-0.25, -0.2) is 4.98 Å². The van der Waals surface area contributed by atoms with Crippen LogP contribution in [0.15, 0.2) is 54.6 Å². The van der Waals surface area contributed by atoms with Crippen LogP contribution in [0.3, 0.4) is 0 Å². The summed E-state index contributed by atoms with van der Waals surface area (Å²) in [6.45, 7) is 6.95. The molecule has 0 unspecified atom stereocenters. The second-order valence-corrected chi connectivity index (χ2v) is 5.69. The molecule has 3 nitrogen and oxygen atoms in total. The van der Waals surface area contributed by atoms with Crippen molar-refractivity contribution in [1.82, 2.24) is 9.88 Å². The lowest BCUT2D eigenvalue weighted by atomic mass is 10.0. The van der Waals surface area contributed by atoms with Crippen molar-refractivity contribution in [3.05, 3.63) is 60.2 Å². The minimum atomic E-state index is 0.349. The lowest BCUT2D eigenvalue weighted by Gasteiger charge is -2.19. The predicted molar refractivity (Wildman–Crippen MR) is 95.5 cm³/mol. The van der Waals surface area contributed by atoms with E-state index in [4.69, 9.17) is 4.98 Å². The number of rotatable bonds is 5. The molecule has 0 saturated heterocycles. The van der Waals surface area contributed by atoms with Gasteiger partial charge in [-0.2, -0.15) is 0 Å². The normalized spacial score (nSPS) is 11.3. The van der Waals surface area contributed by atoms with Gasteiger partial charge >= 0.3 is 0 Å². The second kappa shape index (κ2) is 6.80. The number of hydrogen-bond acceptors (Lipinski definition) is 3. The van der Waals surface area contributed by atoms with Crippen LogP contribution in [0.2, 0.25) is 0 Å². The third-order valence-electron chi connectivity index (χ3n) is 4.26. The van der Waals surface area contributed by atoms with Gasteiger partial charge in [-0.15, -0.1) is 0 Å². The summed E-state index contributed by atoms with van der Waals surface area (Å²) in [5.74, 6) is 0.349. The number of para-hydroxylation sites is 1. The summed E-state index contributed by atoms with van der Waals surface area (Å²) in [7, 11) is 0. The number of fused-ring (bicyclic) bond motifs is 1. The van der Waals surface area contributed by atoms with Gasteiger partial charge in [0, 0.05) is 23.1 Å². The Hall–Kier alpha value is -2.39. The molecule has 0 atom stereocenters. The zero-order chi connectivity index (χ0) is 16.2. The monoisotopic (exact) mass is 306 g/mol. The topological polar surface area (TPSA) is 36.4 Å². The van der Waals surface area contributed by atoms with E-state index in [0.29, 0.717) is 5.75 Å². The summed E-state index contributed by atoms with van der Waals surface area (Å²) in [6, 6.07) is 18.0. The lowest BCUT2D eigenvalue weighted by molar-refractivity contribution is 0.291. The molecule has 0 aliphatic heterocycles. The molecule has 3 aromatic rings. The molecular weight excluding hydrogens is 284 g/mol. The van der Waals surface area contributed by atoms with Gasteiger partial charge in [0.1, 0.15) is 5.75 Å². The van der Waals surface area contributed by atoms with Crippen molar-refractivity contribution in [2.45, 2.75) is 20.4 Å². The van der Waals surface area contributed by atoms with Gasteiger partial charge in [-0.05, 0) is 43.4 Å². The van der Waals surface area contributed by atoms with Crippen LogP contribution >= 0.6 is 0 Å². The molecule has 1 aromatic heterocycles. The lowest BCUT2D eigenvalue weighted by Crippen LogP contribution is -2.22. The summed E-state index contributed by atoms with van der Waals surface area (Å²) < 4.78 is 0. The summed E-state index contributed by atoms with van der Waals surface area (Å²) in [5, 5.41) is 11.3. The maximum atomic E-state index is 10.1. The number of nitrogens with zero attached hydrogens (tertiary/aromatic N) is 2. The number of benzene rings is 2. The summed E-state index contributed by atoms with van der Waals surface area (Å²) in [4.78, 5) is 7.02. The van der Waals surface area contributed by atoms with Gasteiger partial charge < -0.3 is 5.11 Å². The minimum absolute atomic E-state index is 0.349. The third-order valence-corrected chi connectivity index (χ3v) is 4.26. The number of hydrogen-bond donors (Lipinski definition) is 1. The van der Waals surface area contributed by atoms with Crippen molar-refractivity contribution < 1.29 is 5.11 Å². The number of aromatic hydroxyl groups is 1. The fourth-order valence-electron chi connectivity index (χ4n) is 2.79. The maximum absolute atomic E-state index is 10.1. The summed E-state index contributed by atoms with van der Waals surface area (Å²) in [5.41, 5.74) is 3.91. The zero-order valence-corrected chi connectivity index (χ0v) is 13.7. The molecule has 1 N–H and O–H groups in total. The van der Waals surface area contributed by atoms with E-state index in [1.807, 2.05) is 36.4 Å². The van der Waals surface area contributed by atoms with E-state index in [-0.39, 0.29) is 0 Å². The number of phenolic OH excluding ortho intramolecular Hbond substituents is 1. The average molecular weight is 306 g/mol. The van der Waals surface area contributed by atoms with Gasteiger partial charge in [0.05, 0.1) is 11.2 Å². The van der Waals surface area contributed by atoms with Crippen LogP contribution in [0.25, 0.3) is 22.2 Å². The summed E-state index contributed by atoms with van der Waals surface area (Å²) >= 11 is 0. The first-order valence-electron chi connectivity index (χ1n) is 8.11. The molecule has 0 saturated carbocycles. The van der Waals surface area contributed by atoms with Crippen molar-refractivity contribution in [2.24, 2.45) is 0 Å². The Morgan fingerprint density at radius 3 is 2.52 bits per heavy atom. The Morgan fingerprint density at radius 2 is 1.74 bits per heavy atom. The molecule has 0 amide bonds. The molecule has 0 fully saturated rings. The molecule has 2 aromatic carbocycles. The molecule has 3 rings (SSSR count). The standard InChI is InChI=1S/C20H22N2O/c1-3-22(4-2)14-17-13-16(10-12-20(17)23)19-11-9-15-7-5-6-8-18(15)21-19/h5-13,23H,3-4,14H2,1-2H3. The Balaban J connectivity index is 1.98. The van der Waals surface area contributed by atoms with Crippen molar-refractivity contribution in [2.75, 3.05) is 13.1 Å². The first-order valence-corrected chi connectivity index (χ1v) is 8.11. The Bertz CT molecular complexity index is 810. The van der Waals surface area contributed by atoms with Crippen LogP contribution in [0.5, 0.6) is 5.75 Å². The van der Waals surface area contributed by atoms with Gasteiger partial charge in [-0.3, -0.25) is 4.90 Å². The molecular formula is C20H22N2O. The first kappa shape index (κ1) is 15.5. The fourth-order valence-corrected chi connectivity index (χ4v) is 2.79. The number of phenols is 1. The molecule has 0 aliphatic carbocycles. The van der Waals surface area contributed by atoms with E-state index in [1.165, 1.54) is 0 Å². The van der Waals surface area contributed by atoms with Gasteiger partial charge in [0.25, 0.3) is 0 Å². The van der Waals surface area contributed by atoms with Gasteiger partial charge in [0.2, 0.25) is 0 Å². The maximum Gasteiger partial charge on any atom is 0.120 e. The van der Waals surface area contributed by atoms with Crippen molar-refractivity contribution >= 4 is 10.9 Å². The minimum Gasteiger partial charge on any atom is -0.508 e. The highest BCUT2D eigenvalue weighted by Gasteiger charge is 2.09. The third kappa shape index (κ3) is 3.35. The summed E-state index contributed by atoms with van der Waals surface area (Å²) in [6.07, 6.45) is 0. The molecule has 0 spiro atoms. The van der Waals surface area contributed by atoms with Crippen LogP contribution in [0, 0.1) is 0 Å². The molecule has 23 heavy (non-hydrogen) atoms. The van der Waals surface area contributed by atoms with Crippen molar-refractivity contribution in [3.63, 3.8) is 0 Å². The fraction of sp³-hybridized carbons (Fsp3) is 0.250. The van der Waals surface area contributed by atoms with E-state index in [0.717, 1.165) is 47.4 Å². The van der Waals surface area contributed by atoms with E-state index >= 15 is 0 Å². The van der Waals surface area contributed by atoms with Gasteiger partial charge in [-0.1, -0.05) is 38.1 Å². The largest absolute Gasteiger partial charge is 0.508 e. The van der Waals surface area contributed by atoms with Crippen LogP contribution in [0.4, 0.5) is 0 Å². The SMILES string of the molecule is CCN(CC)Cc1cc(-c2ccc3ccccc3n2)ccc1O. The predicted octanol–water partition coefficient (Wildman–Crippen LogP) is 4.45. The quantitative estimate of drug-likeness (QED) is 0.756. The molecule has 1 heterocycles. The molecule has 0 bridgehead atoms. The highest BCUT2D eigenvalue weighted by Crippen LogP contribution is 2.27. The average Bonchev–Trinajstić information content (AvgIpc) is 2.60. The van der Waals surface area contributed by atoms with Gasteiger partial charge in [0.15, 0.2) is 0 Å². The van der Waals surface area contributed by atoms with Crippen LogP contribution in [0.1, 0.15) is 19.4 Å². The van der Waals surface area contributed by atoms with Crippen LogP contribution < -0.4 is 0 Å². The van der Waals surface area contributed by atoms with Crippen LogP contribution in [-0.2, 0) is 6.54 Å². The molecule has 118 valence electrons. The Kier molecular flexibility index (Phi) is 4.58. The Labute approximate surface area is 137 Å². The van der Waals surface area contributed by atoms with E-state index < -0.39 is 0 Å². The van der Waals surface area contributed by atoms with Crippen molar-refractivity contribution in [3.8, 4) is 17.0 Å². The van der Waals surface area contributed by atoms with Crippen molar-refractivity contribution in [1.29, 1.82) is 0 Å². The number of aromatic nitrogens is 1. The first-order chi connectivity index (χ1) is 11.2. The zero-order valence-electron chi connectivity index (χ0n) is 13.7. The van der Waals surface area contributed by atoms with E-state index in [9.17, 15) is 5.11 Å². The Morgan fingerprint density at radius 1 is 0.957 bits per heavy atom. The van der Waals surface area contributed by atoms with E-state index in [2.05, 4.69) is 30.9 Å². The van der Waals surface area contributed by atoms with Crippen LogP contribution in [-0.4, -0.2) is 28.1 Å². The number of pyridine rings is 1. The molecule has 0 radical (unpaired) electrons.